The van der Waals surface area contributed by atoms with Crippen LogP contribution in [0.15, 0.2) is 120 Å². The zero-order chi connectivity index (χ0) is 37.3. The fourth-order valence-corrected chi connectivity index (χ4v) is 5.56. The summed E-state index contributed by atoms with van der Waals surface area (Å²) in [6, 6.07) is 25.5. The number of nitrogens with zero attached hydrogens (tertiary/aromatic N) is 5. The van der Waals surface area contributed by atoms with Crippen molar-refractivity contribution in [2.24, 2.45) is 10.3 Å². The summed E-state index contributed by atoms with van der Waals surface area (Å²) in [5, 5.41) is 12.4. The van der Waals surface area contributed by atoms with E-state index in [0.29, 0.717) is 22.7 Å². The van der Waals surface area contributed by atoms with Crippen LogP contribution in [-0.4, -0.2) is 46.4 Å². The lowest BCUT2D eigenvalue weighted by Crippen LogP contribution is -2.19. The van der Waals surface area contributed by atoms with Crippen molar-refractivity contribution >= 4 is 29.0 Å². The highest BCUT2D eigenvalue weighted by molar-refractivity contribution is 6.43. The van der Waals surface area contributed by atoms with Gasteiger partial charge in [-0.2, -0.15) is 18.3 Å². The Kier molecular flexibility index (Phi) is 12.0. The first-order chi connectivity index (χ1) is 25.0. The van der Waals surface area contributed by atoms with Crippen LogP contribution in [0.5, 0.6) is 0 Å². The molecule has 0 amide bonds. The number of epoxide rings is 1. The molecule has 15 heteroatoms. The number of carbonyl (C=O) groups excluding carboxylic acids is 1. The number of esters is 1. The van der Waals surface area contributed by atoms with E-state index in [9.17, 15) is 22.4 Å². The zero-order valence-corrected chi connectivity index (χ0v) is 28.8. The normalized spacial score (nSPS) is 17.1. The second-order valence-electron chi connectivity index (χ2n) is 11.3. The van der Waals surface area contributed by atoms with Gasteiger partial charge >= 0.3 is 12.1 Å². The Morgan fingerprint density at radius 3 is 2.38 bits per heavy atom. The molecular formula is C37H32ClF4N5O5. The van der Waals surface area contributed by atoms with Gasteiger partial charge < -0.3 is 19.1 Å². The Morgan fingerprint density at radius 2 is 1.71 bits per heavy atom. The predicted octanol–water partition coefficient (Wildman–Crippen LogP) is 7.91. The van der Waals surface area contributed by atoms with Crippen molar-refractivity contribution < 1.29 is 41.5 Å². The molecule has 0 spiro atoms. The molecule has 1 aliphatic rings. The third kappa shape index (κ3) is 9.00. The van der Waals surface area contributed by atoms with Gasteiger partial charge in [0, 0.05) is 21.7 Å². The maximum atomic E-state index is 13.3. The van der Waals surface area contributed by atoms with Gasteiger partial charge in [0.15, 0.2) is 5.71 Å². The fourth-order valence-electron chi connectivity index (χ4n) is 5.33. The first kappa shape index (κ1) is 37.7. The van der Waals surface area contributed by atoms with Crippen molar-refractivity contribution in [3.05, 3.63) is 154 Å². The molecule has 270 valence electrons. The molecular weight excluding hydrogens is 706 g/mol. The molecule has 1 saturated heterocycles. The largest absolute Gasteiger partial charge is 0.464 e. The van der Waals surface area contributed by atoms with Gasteiger partial charge in [0.25, 0.3) is 0 Å². The van der Waals surface area contributed by atoms with Crippen LogP contribution in [0.25, 0.3) is 0 Å². The molecule has 0 N–H and O–H groups in total. The van der Waals surface area contributed by atoms with Gasteiger partial charge in [-0.25, -0.2) is 18.9 Å². The lowest BCUT2D eigenvalue weighted by molar-refractivity contribution is -0.137. The lowest BCUT2D eigenvalue weighted by atomic mass is 9.91. The number of carbonyl (C=O) groups is 1. The number of benzene rings is 4. The topological polar surface area (TPSA) is 113 Å². The molecule has 2 heterocycles. The molecule has 5 aromatic rings. The van der Waals surface area contributed by atoms with Gasteiger partial charge in [0.1, 0.15) is 43.9 Å². The molecule has 0 aliphatic carbocycles. The number of aromatic nitrogens is 3. The van der Waals surface area contributed by atoms with Crippen LogP contribution in [0.1, 0.15) is 46.4 Å². The van der Waals surface area contributed by atoms with Crippen LogP contribution in [0.3, 0.4) is 0 Å². The lowest BCUT2D eigenvalue weighted by Gasteiger charge is -2.14. The highest BCUT2D eigenvalue weighted by Crippen LogP contribution is 2.59. The highest BCUT2D eigenvalue weighted by Gasteiger charge is 2.59. The second-order valence-corrected chi connectivity index (χ2v) is 11.7. The first-order valence-corrected chi connectivity index (χ1v) is 16.0. The number of oxime groups is 2. The SMILES string of the molecule is CO/N=C(/C(=O)OC)c1ccccc1CO/N=C(\C)c1cccc(C(F)(F)F)c1.Fc1ccc(C2(Cn3cncn3)OC2c2ccccc2Cl)cc1. The van der Waals surface area contributed by atoms with E-state index in [1.807, 2.05) is 24.3 Å². The molecule has 0 radical (unpaired) electrons. The Balaban J connectivity index is 0.000000205. The van der Waals surface area contributed by atoms with Gasteiger partial charge in [-0.15, -0.1) is 0 Å². The number of alkyl halides is 3. The van der Waals surface area contributed by atoms with Gasteiger partial charge in [-0.05, 0) is 48.4 Å². The smallest absolute Gasteiger partial charge is 0.416 e. The average Bonchev–Trinajstić information content (AvgIpc) is 3.62. The predicted molar refractivity (Wildman–Crippen MR) is 184 cm³/mol. The minimum absolute atomic E-state index is 0.0484. The van der Waals surface area contributed by atoms with E-state index in [1.54, 1.807) is 47.4 Å². The van der Waals surface area contributed by atoms with Crippen molar-refractivity contribution in [2.45, 2.75) is 38.0 Å². The first-order valence-electron chi connectivity index (χ1n) is 15.6. The molecule has 0 bridgehead atoms. The molecule has 1 aromatic heterocycles. The van der Waals surface area contributed by atoms with Crippen LogP contribution < -0.4 is 0 Å². The van der Waals surface area contributed by atoms with Crippen LogP contribution in [0.4, 0.5) is 17.6 Å². The van der Waals surface area contributed by atoms with Crippen LogP contribution in [0.2, 0.25) is 5.02 Å². The monoisotopic (exact) mass is 737 g/mol. The Labute approximate surface area is 301 Å². The number of halogens is 5. The second kappa shape index (κ2) is 16.6. The summed E-state index contributed by atoms with van der Waals surface area (Å²) in [6.45, 7) is 1.97. The van der Waals surface area contributed by atoms with Crippen LogP contribution in [-0.2, 0) is 48.9 Å². The van der Waals surface area contributed by atoms with Crippen molar-refractivity contribution in [3.8, 4) is 0 Å². The summed E-state index contributed by atoms with van der Waals surface area (Å²) in [4.78, 5) is 25.9. The molecule has 1 aliphatic heterocycles. The minimum Gasteiger partial charge on any atom is -0.464 e. The number of hydrogen-bond acceptors (Lipinski definition) is 9. The Hall–Kier alpha value is -5.60. The molecule has 10 nitrogen and oxygen atoms in total. The quantitative estimate of drug-likeness (QED) is 0.0445. The molecule has 4 aromatic carbocycles. The van der Waals surface area contributed by atoms with E-state index in [4.69, 9.17) is 30.7 Å². The zero-order valence-electron chi connectivity index (χ0n) is 28.1. The Morgan fingerprint density at radius 1 is 0.981 bits per heavy atom. The fraction of sp³-hybridized carbons (Fsp3) is 0.216. The van der Waals surface area contributed by atoms with Crippen LogP contribution >= 0.6 is 11.6 Å². The average molecular weight is 738 g/mol. The van der Waals surface area contributed by atoms with E-state index in [2.05, 4.69) is 20.4 Å². The van der Waals surface area contributed by atoms with E-state index in [-0.39, 0.29) is 35.5 Å². The summed E-state index contributed by atoms with van der Waals surface area (Å²) in [5.74, 6) is -0.970. The number of methoxy groups -OCH3 is 1. The number of ether oxygens (including phenoxy) is 2. The standard InChI is InChI=1S/C20H19F3N2O4.C17H13ClFN3O/c1-13(14-8-6-9-16(11-14)20(21,22)23)24-29-12-15-7-4-5-10-17(15)18(25-28-3)19(26)27-2;18-15-4-2-1-3-14(15)16-17(23-16,9-22-11-20-10-21-22)12-5-7-13(19)8-6-12/h4-11H,12H2,1-3H3;1-8,10-11,16H,9H2/b24-13+,25-18+;. The molecule has 52 heavy (non-hydrogen) atoms. The maximum absolute atomic E-state index is 13.3. The highest BCUT2D eigenvalue weighted by atomic mass is 35.5. The van der Waals surface area contributed by atoms with E-state index >= 15 is 0 Å². The summed E-state index contributed by atoms with van der Waals surface area (Å²) in [5.41, 5.74) is 1.91. The third-order valence-electron chi connectivity index (χ3n) is 7.94. The number of hydrogen-bond donors (Lipinski definition) is 0. The molecule has 0 saturated carbocycles. The van der Waals surface area contributed by atoms with Crippen molar-refractivity contribution in [1.82, 2.24) is 14.8 Å². The van der Waals surface area contributed by atoms with E-state index in [0.717, 1.165) is 23.3 Å². The van der Waals surface area contributed by atoms with Gasteiger partial charge in [0.2, 0.25) is 0 Å². The summed E-state index contributed by atoms with van der Waals surface area (Å²) in [6.07, 6.45) is -1.53. The van der Waals surface area contributed by atoms with Crippen molar-refractivity contribution in [2.75, 3.05) is 14.2 Å². The molecule has 2 atom stereocenters. The summed E-state index contributed by atoms with van der Waals surface area (Å²) >= 11 is 6.31. The van der Waals surface area contributed by atoms with Crippen LogP contribution in [0, 0.1) is 5.82 Å². The minimum atomic E-state index is -4.44. The van der Waals surface area contributed by atoms with Gasteiger partial charge in [-0.3, -0.25) is 0 Å². The van der Waals surface area contributed by atoms with E-state index in [1.165, 1.54) is 51.7 Å². The summed E-state index contributed by atoms with van der Waals surface area (Å²) < 4.78 is 64.3. The van der Waals surface area contributed by atoms with Gasteiger partial charge in [-0.1, -0.05) is 88.6 Å². The Bertz CT molecular complexity index is 2040. The summed E-state index contributed by atoms with van der Waals surface area (Å²) in [7, 11) is 2.51. The number of rotatable bonds is 11. The van der Waals surface area contributed by atoms with E-state index < -0.39 is 23.3 Å². The van der Waals surface area contributed by atoms with Crippen molar-refractivity contribution in [1.29, 1.82) is 0 Å². The molecule has 1 fully saturated rings. The van der Waals surface area contributed by atoms with Crippen molar-refractivity contribution in [3.63, 3.8) is 0 Å². The molecule has 2 unspecified atom stereocenters. The van der Waals surface area contributed by atoms with Gasteiger partial charge in [0.05, 0.1) is 24.9 Å². The third-order valence-corrected chi connectivity index (χ3v) is 8.29. The molecule has 6 rings (SSSR count). The maximum Gasteiger partial charge on any atom is 0.416 e.